The lowest BCUT2D eigenvalue weighted by molar-refractivity contribution is -0.128. The second-order valence-corrected chi connectivity index (χ2v) is 6.93. The first-order valence-electron chi connectivity index (χ1n) is 7.30. The Balaban J connectivity index is 2.51. The summed E-state index contributed by atoms with van der Waals surface area (Å²) < 4.78 is 0. The molecule has 1 rings (SSSR count). The molecule has 3 N–H and O–H groups in total. The number of nitrogens with one attached hydrogen (secondary N) is 1. The first-order valence-corrected chi connectivity index (χ1v) is 7.30. The Labute approximate surface area is 112 Å². The van der Waals surface area contributed by atoms with Crippen molar-refractivity contribution in [2.24, 2.45) is 28.9 Å². The fourth-order valence-corrected chi connectivity index (χ4v) is 2.63. The van der Waals surface area contributed by atoms with E-state index in [-0.39, 0.29) is 23.3 Å². The number of nitrogens with two attached hydrogens (primary N) is 1. The van der Waals surface area contributed by atoms with E-state index in [1.165, 1.54) is 0 Å². The molecule has 1 aliphatic carbocycles. The second kappa shape index (κ2) is 6.05. The maximum atomic E-state index is 12.3. The molecule has 0 spiro atoms. The Hall–Kier alpha value is -0.570. The number of carbonyl (C=O) groups is 1. The summed E-state index contributed by atoms with van der Waals surface area (Å²) in [7, 11) is 0. The highest BCUT2D eigenvalue weighted by atomic mass is 16.1. The molecule has 4 atom stereocenters. The number of carbonyl (C=O) groups excluding carboxylic acids is 1. The normalized spacial score (nSPS) is 33.2. The van der Waals surface area contributed by atoms with Crippen molar-refractivity contribution in [1.82, 2.24) is 5.32 Å². The molecule has 0 aliphatic heterocycles. The molecule has 1 saturated carbocycles. The summed E-state index contributed by atoms with van der Waals surface area (Å²) in [5.74, 6) is 1.29. The van der Waals surface area contributed by atoms with Crippen molar-refractivity contribution in [3.05, 3.63) is 0 Å². The van der Waals surface area contributed by atoms with Crippen LogP contribution in [0.4, 0.5) is 0 Å². The predicted molar refractivity (Wildman–Crippen MR) is 76.1 cm³/mol. The molecule has 18 heavy (non-hydrogen) atoms. The zero-order chi connectivity index (χ0) is 13.9. The van der Waals surface area contributed by atoms with Crippen LogP contribution in [0.2, 0.25) is 0 Å². The lowest BCUT2D eigenvalue weighted by Crippen LogP contribution is -2.46. The first kappa shape index (κ1) is 15.5. The molecule has 0 bridgehead atoms. The molecule has 106 valence electrons. The van der Waals surface area contributed by atoms with Crippen LogP contribution < -0.4 is 11.1 Å². The average molecular weight is 254 g/mol. The molecule has 0 radical (unpaired) electrons. The monoisotopic (exact) mass is 254 g/mol. The molecular formula is C15H30N2O. The molecule has 3 heteroatoms. The van der Waals surface area contributed by atoms with Gasteiger partial charge in [-0.05, 0) is 36.5 Å². The summed E-state index contributed by atoms with van der Waals surface area (Å²) >= 11 is 0. The van der Waals surface area contributed by atoms with Crippen molar-refractivity contribution in [1.29, 1.82) is 0 Å². The van der Waals surface area contributed by atoms with Crippen LogP contribution in [-0.4, -0.2) is 18.5 Å². The fraction of sp³-hybridized carbons (Fsp3) is 0.933. The quantitative estimate of drug-likeness (QED) is 0.810. The average Bonchev–Trinajstić information content (AvgIpc) is 2.31. The molecular weight excluding hydrogens is 224 g/mol. The first-order chi connectivity index (χ1) is 8.26. The minimum Gasteiger partial charge on any atom is -0.355 e. The van der Waals surface area contributed by atoms with E-state index in [1.807, 2.05) is 0 Å². The predicted octanol–water partition coefficient (Wildman–Crippen LogP) is 2.55. The smallest absolute Gasteiger partial charge is 0.223 e. The van der Waals surface area contributed by atoms with E-state index >= 15 is 0 Å². The van der Waals surface area contributed by atoms with Crippen LogP contribution in [0.1, 0.15) is 53.9 Å². The Morgan fingerprint density at radius 3 is 2.44 bits per heavy atom. The summed E-state index contributed by atoms with van der Waals surface area (Å²) in [5, 5.41) is 3.11. The third-order valence-corrected chi connectivity index (χ3v) is 4.72. The Morgan fingerprint density at radius 2 is 1.89 bits per heavy atom. The highest BCUT2D eigenvalue weighted by Crippen LogP contribution is 2.33. The van der Waals surface area contributed by atoms with E-state index in [2.05, 4.69) is 39.9 Å². The molecule has 0 heterocycles. The molecule has 0 aromatic rings. The lowest BCUT2D eigenvalue weighted by Gasteiger charge is -2.36. The highest BCUT2D eigenvalue weighted by molar-refractivity contribution is 5.79. The van der Waals surface area contributed by atoms with Crippen molar-refractivity contribution >= 4 is 5.91 Å². The minimum atomic E-state index is 0.101. The molecule has 4 unspecified atom stereocenters. The van der Waals surface area contributed by atoms with Gasteiger partial charge in [0, 0.05) is 18.5 Å². The van der Waals surface area contributed by atoms with E-state index in [9.17, 15) is 4.79 Å². The Bertz CT molecular complexity index is 288. The summed E-state index contributed by atoms with van der Waals surface area (Å²) in [5.41, 5.74) is 6.28. The topological polar surface area (TPSA) is 55.1 Å². The third kappa shape index (κ3) is 3.98. The van der Waals surface area contributed by atoms with E-state index in [0.29, 0.717) is 11.8 Å². The summed E-state index contributed by atoms with van der Waals surface area (Å²) in [6.45, 7) is 11.7. The summed E-state index contributed by atoms with van der Waals surface area (Å²) in [4.78, 5) is 12.3. The van der Waals surface area contributed by atoms with E-state index in [1.54, 1.807) is 0 Å². The third-order valence-electron chi connectivity index (χ3n) is 4.72. The highest BCUT2D eigenvalue weighted by Gasteiger charge is 2.35. The second-order valence-electron chi connectivity index (χ2n) is 6.93. The van der Waals surface area contributed by atoms with Crippen LogP contribution in [0.15, 0.2) is 0 Å². The van der Waals surface area contributed by atoms with Gasteiger partial charge in [0.05, 0.1) is 0 Å². The molecule has 1 aliphatic rings. The van der Waals surface area contributed by atoms with Crippen LogP contribution in [0.3, 0.4) is 0 Å². The van der Waals surface area contributed by atoms with Crippen LogP contribution >= 0.6 is 0 Å². The van der Waals surface area contributed by atoms with Crippen LogP contribution in [-0.2, 0) is 4.79 Å². The van der Waals surface area contributed by atoms with E-state index in [4.69, 9.17) is 5.73 Å². The van der Waals surface area contributed by atoms with E-state index < -0.39 is 0 Å². The Kier molecular flexibility index (Phi) is 5.20. The van der Waals surface area contributed by atoms with Gasteiger partial charge in [0.1, 0.15) is 0 Å². The zero-order valence-corrected chi connectivity index (χ0v) is 12.6. The van der Waals surface area contributed by atoms with Crippen LogP contribution in [0.25, 0.3) is 0 Å². The molecule has 0 aromatic carbocycles. The standard InChI is InChI=1S/C15H30N2O/c1-6-15(4,5)9-17-14(18)12-8-13(16)11(3)7-10(12)2/h10-13H,6-9,16H2,1-5H3,(H,17,18). The maximum absolute atomic E-state index is 12.3. The van der Waals surface area contributed by atoms with Gasteiger partial charge in [-0.2, -0.15) is 0 Å². The number of amides is 1. The van der Waals surface area contributed by atoms with Crippen LogP contribution in [0, 0.1) is 23.2 Å². The minimum absolute atomic E-state index is 0.101. The number of rotatable bonds is 4. The van der Waals surface area contributed by atoms with Gasteiger partial charge in [-0.15, -0.1) is 0 Å². The van der Waals surface area contributed by atoms with Gasteiger partial charge >= 0.3 is 0 Å². The van der Waals surface area contributed by atoms with Crippen LogP contribution in [0.5, 0.6) is 0 Å². The van der Waals surface area contributed by atoms with Gasteiger partial charge in [0.25, 0.3) is 0 Å². The molecule has 1 amide bonds. The van der Waals surface area contributed by atoms with E-state index in [0.717, 1.165) is 25.8 Å². The molecule has 1 fully saturated rings. The molecule has 0 saturated heterocycles. The van der Waals surface area contributed by atoms with Gasteiger partial charge in [-0.3, -0.25) is 4.79 Å². The van der Waals surface area contributed by atoms with Gasteiger partial charge in [-0.25, -0.2) is 0 Å². The molecule has 3 nitrogen and oxygen atoms in total. The summed E-state index contributed by atoms with van der Waals surface area (Å²) in [6, 6.07) is 0.177. The van der Waals surface area contributed by atoms with Gasteiger partial charge in [0.2, 0.25) is 5.91 Å². The summed E-state index contributed by atoms with van der Waals surface area (Å²) in [6.07, 6.45) is 2.97. The number of hydrogen-bond donors (Lipinski definition) is 2. The number of hydrogen-bond acceptors (Lipinski definition) is 2. The fourth-order valence-electron chi connectivity index (χ4n) is 2.63. The van der Waals surface area contributed by atoms with Gasteiger partial charge in [-0.1, -0.05) is 34.6 Å². The van der Waals surface area contributed by atoms with Crippen molar-refractivity contribution in [2.45, 2.75) is 59.9 Å². The SMILES string of the molecule is CCC(C)(C)CNC(=O)C1CC(N)C(C)CC1C. The van der Waals surface area contributed by atoms with Gasteiger partial charge < -0.3 is 11.1 Å². The van der Waals surface area contributed by atoms with Crippen molar-refractivity contribution < 1.29 is 4.79 Å². The van der Waals surface area contributed by atoms with Gasteiger partial charge in [0.15, 0.2) is 0 Å². The maximum Gasteiger partial charge on any atom is 0.223 e. The van der Waals surface area contributed by atoms with Crippen molar-refractivity contribution in [3.63, 3.8) is 0 Å². The van der Waals surface area contributed by atoms with Crippen molar-refractivity contribution in [3.8, 4) is 0 Å². The zero-order valence-electron chi connectivity index (χ0n) is 12.6. The van der Waals surface area contributed by atoms with Crippen molar-refractivity contribution in [2.75, 3.05) is 6.54 Å². The molecule has 0 aromatic heterocycles. The Morgan fingerprint density at radius 1 is 1.28 bits per heavy atom. The lowest BCUT2D eigenvalue weighted by atomic mass is 9.72. The largest absolute Gasteiger partial charge is 0.355 e.